The van der Waals surface area contributed by atoms with Crippen LogP contribution in [-0.2, 0) is 0 Å². The van der Waals surface area contributed by atoms with Crippen LogP contribution in [0.25, 0.3) is 0 Å². The normalized spacial score (nSPS) is 13.3. The van der Waals surface area contributed by atoms with E-state index < -0.39 is 11.0 Å². The number of rotatable bonds is 7. The number of anilines is 1. The fourth-order valence-electron chi connectivity index (χ4n) is 2.24. The van der Waals surface area contributed by atoms with Crippen LogP contribution < -0.4 is 10.2 Å². The molecule has 2 unspecified atom stereocenters. The second-order valence-corrected chi connectivity index (χ2v) is 5.75. The maximum atomic E-state index is 12.3. The Morgan fingerprint density at radius 3 is 2.55 bits per heavy atom. The van der Waals surface area contributed by atoms with Crippen LogP contribution in [0, 0.1) is 16.0 Å². The number of aliphatic hydroxyl groups excluding tert-OH is 1. The molecule has 1 rings (SSSR count). The van der Waals surface area contributed by atoms with E-state index in [9.17, 15) is 20.0 Å². The maximum absolute atomic E-state index is 12.3. The van der Waals surface area contributed by atoms with Crippen LogP contribution in [0.4, 0.5) is 11.4 Å². The molecule has 0 bridgehead atoms. The average molecular weight is 309 g/mol. The highest BCUT2D eigenvalue weighted by Gasteiger charge is 2.18. The van der Waals surface area contributed by atoms with E-state index in [-0.39, 0.29) is 23.1 Å². The van der Waals surface area contributed by atoms with Gasteiger partial charge in [-0.05, 0) is 25.3 Å². The molecule has 0 aliphatic rings. The van der Waals surface area contributed by atoms with E-state index in [2.05, 4.69) is 5.32 Å². The van der Waals surface area contributed by atoms with Crippen LogP contribution in [0.15, 0.2) is 18.2 Å². The summed E-state index contributed by atoms with van der Waals surface area (Å²) in [6.45, 7) is 4.02. The van der Waals surface area contributed by atoms with Crippen molar-refractivity contribution in [2.75, 3.05) is 25.5 Å². The van der Waals surface area contributed by atoms with E-state index in [1.807, 2.05) is 6.92 Å². The number of carbonyl (C=O) groups is 1. The molecule has 1 aromatic carbocycles. The molecule has 0 heterocycles. The highest BCUT2D eigenvalue weighted by atomic mass is 16.6. The van der Waals surface area contributed by atoms with Crippen LogP contribution >= 0.6 is 0 Å². The molecule has 0 aliphatic heterocycles. The van der Waals surface area contributed by atoms with Gasteiger partial charge in [0.25, 0.3) is 11.6 Å². The number of nitro groups is 1. The van der Waals surface area contributed by atoms with Gasteiger partial charge in [0.2, 0.25) is 0 Å². The monoisotopic (exact) mass is 309 g/mol. The molecule has 0 aliphatic carbocycles. The first kappa shape index (κ1) is 17.9. The Morgan fingerprint density at radius 1 is 1.41 bits per heavy atom. The third kappa shape index (κ3) is 5.00. The molecule has 0 aromatic heterocycles. The van der Waals surface area contributed by atoms with Crippen molar-refractivity contribution in [3.8, 4) is 0 Å². The molecule has 1 aromatic rings. The molecule has 7 nitrogen and oxygen atoms in total. The molecule has 0 saturated heterocycles. The summed E-state index contributed by atoms with van der Waals surface area (Å²) in [6, 6.07) is 4.22. The minimum atomic E-state index is -0.522. The number of benzene rings is 1. The SMILES string of the molecule is CC(O)CC(C)CNC(=O)c1cc([N+](=O)[O-])ccc1N(C)C. The molecule has 7 heteroatoms. The lowest BCUT2D eigenvalue weighted by molar-refractivity contribution is -0.384. The van der Waals surface area contributed by atoms with E-state index in [0.29, 0.717) is 18.7 Å². The van der Waals surface area contributed by atoms with Gasteiger partial charge in [0.15, 0.2) is 0 Å². The molecule has 2 atom stereocenters. The predicted molar refractivity (Wildman–Crippen MR) is 85.2 cm³/mol. The van der Waals surface area contributed by atoms with Crippen molar-refractivity contribution >= 4 is 17.3 Å². The second-order valence-electron chi connectivity index (χ2n) is 5.75. The Balaban J connectivity index is 2.90. The molecule has 1 amide bonds. The third-order valence-corrected chi connectivity index (χ3v) is 3.27. The summed E-state index contributed by atoms with van der Waals surface area (Å²) in [7, 11) is 3.54. The smallest absolute Gasteiger partial charge is 0.270 e. The van der Waals surface area contributed by atoms with E-state index >= 15 is 0 Å². The minimum Gasteiger partial charge on any atom is -0.393 e. The highest BCUT2D eigenvalue weighted by Crippen LogP contribution is 2.24. The zero-order chi connectivity index (χ0) is 16.9. The Hall–Kier alpha value is -2.15. The van der Waals surface area contributed by atoms with Crippen LogP contribution in [0.5, 0.6) is 0 Å². The largest absolute Gasteiger partial charge is 0.393 e. The number of non-ortho nitro benzene ring substituents is 1. The lowest BCUT2D eigenvalue weighted by atomic mass is 10.0. The number of hydrogen-bond donors (Lipinski definition) is 2. The molecule has 2 N–H and O–H groups in total. The van der Waals surface area contributed by atoms with E-state index in [4.69, 9.17) is 0 Å². The number of hydrogen-bond acceptors (Lipinski definition) is 5. The fraction of sp³-hybridized carbons (Fsp3) is 0.533. The standard InChI is InChI=1S/C15H23N3O4/c1-10(7-11(2)19)9-16-15(20)13-8-12(18(21)22)5-6-14(13)17(3)4/h5-6,8,10-11,19H,7,9H2,1-4H3,(H,16,20). The quantitative estimate of drug-likeness (QED) is 0.591. The van der Waals surface area contributed by atoms with Crippen molar-refractivity contribution in [1.29, 1.82) is 0 Å². The Morgan fingerprint density at radius 2 is 2.05 bits per heavy atom. The number of aliphatic hydroxyl groups is 1. The summed E-state index contributed by atoms with van der Waals surface area (Å²) in [4.78, 5) is 24.4. The van der Waals surface area contributed by atoms with Crippen molar-refractivity contribution in [2.45, 2.75) is 26.4 Å². The molecule has 0 fully saturated rings. The summed E-state index contributed by atoms with van der Waals surface area (Å²) in [5.41, 5.74) is 0.766. The number of carbonyl (C=O) groups excluding carboxylic acids is 1. The number of amides is 1. The van der Waals surface area contributed by atoms with Crippen molar-refractivity contribution in [3.63, 3.8) is 0 Å². The third-order valence-electron chi connectivity index (χ3n) is 3.27. The van der Waals surface area contributed by atoms with Gasteiger partial charge < -0.3 is 15.3 Å². The van der Waals surface area contributed by atoms with E-state index in [1.165, 1.54) is 12.1 Å². The van der Waals surface area contributed by atoms with Gasteiger partial charge in [-0.2, -0.15) is 0 Å². The average Bonchev–Trinajstić information content (AvgIpc) is 2.43. The first-order chi connectivity index (χ1) is 10.2. The Labute approximate surface area is 130 Å². The van der Waals surface area contributed by atoms with Crippen molar-refractivity contribution in [2.24, 2.45) is 5.92 Å². The van der Waals surface area contributed by atoms with Crippen LogP contribution in [0.1, 0.15) is 30.6 Å². The number of nitro benzene ring substituents is 1. The van der Waals surface area contributed by atoms with Gasteiger partial charge in [-0.15, -0.1) is 0 Å². The molecular weight excluding hydrogens is 286 g/mol. The van der Waals surface area contributed by atoms with Gasteiger partial charge >= 0.3 is 0 Å². The zero-order valence-electron chi connectivity index (χ0n) is 13.4. The summed E-state index contributed by atoms with van der Waals surface area (Å²) in [5, 5.41) is 23.0. The first-order valence-corrected chi connectivity index (χ1v) is 7.14. The number of nitrogens with zero attached hydrogens (tertiary/aromatic N) is 2. The van der Waals surface area contributed by atoms with E-state index in [1.54, 1.807) is 32.0 Å². The summed E-state index contributed by atoms with van der Waals surface area (Å²) in [5.74, 6) is -0.240. The Bertz CT molecular complexity index is 544. The lowest BCUT2D eigenvalue weighted by Crippen LogP contribution is -2.30. The predicted octanol–water partition coefficient (Wildman–Crippen LogP) is 1.80. The molecular formula is C15H23N3O4. The summed E-state index contributed by atoms with van der Waals surface area (Å²) in [6.07, 6.45) is 0.150. The molecule has 0 saturated carbocycles. The second kappa shape index (κ2) is 7.74. The van der Waals surface area contributed by atoms with Gasteiger partial charge in [0.1, 0.15) is 0 Å². The maximum Gasteiger partial charge on any atom is 0.270 e. The van der Waals surface area contributed by atoms with Gasteiger partial charge in [0.05, 0.1) is 16.6 Å². The van der Waals surface area contributed by atoms with Gasteiger partial charge in [-0.25, -0.2) is 0 Å². The van der Waals surface area contributed by atoms with Crippen molar-refractivity contribution < 1.29 is 14.8 Å². The fourth-order valence-corrected chi connectivity index (χ4v) is 2.24. The molecule has 0 radical (unpaired) electrons. The van der Waals surface area contributed by atoms with Crippen LogP contribution in [-0.4, -0.2) is 42.7 Å². The summed E-state index contributed by atoms with van der Waals surface area (Å²) >= 11 is 0. The minimum absolute atomic E-state index is 0.116. The van der Waals surface area contributed by atoms with Gasteiger partial charge in [-0.1, -0.05) is 6.92 Å². The van der Waals surface area contributed by atoms with E-state index in [0.717, 1.165) is 0 Å². The number of nitrogens with one attached hydrogen (secondary N) is 1. The molecule has 122 valence electrons. The molecule has 0 spiro atoms. The van der Waals surface area contributed by atoms with Gasteiger partial charge in [-0.3, -0.25) is 14.9 Å². The Kier molecular flexibility index (Phi) is 6.30. The lowest BCUT2D eigenvalue weighted by Gasteiger charge is -2.18. The zero-order valence-corrected chi connectivity index (χ0v) is 13.4. The van der Waals surface area contributed by atoms with Crippen molar-refractivity contribution in [1.82, 2.24) is 5.32 Å². The highest BCUT2D eigenvalue weighted by molar-refractivity contribution is 6.00. The van der Waals surface area contributed by atoms with Crippen LogP contribution in [0.3, 0.4) is 0 Å². The topological polar surface area (TPSA) is 95.7 Å². The van der Waals surface area contributed by atoms with Crippen molar-refractivity contribution in [3.05, 3.63) is 33.9 Å². The molecule has 22 heavy (non-hydrogen) atoms. The summed E-state index contributed by atoms with van der Waals surface area (Å²) < 4.78 is 0. The van der Waals surface area contributed by atoms with Crippen LogP contribution in [0.2, 0.25) is 0 Å². The van der Waals surface area contributed by atoms with Gasteiger partial charge in [0, 0.05) is 38.5 Å². The first-order valence-electron chi connectivity index (χ1n) is 7.14.